The Morgan fingerprint density at radius 3 is 2.56 bits per heavy atom. The Morgan fingerprint density at radius 2 is 1.89 bits per heavy atom. The van der Waals surface area contributed by atoms with Crippen molar-refractivity contribution in [1.82, 2.24) is 5.32 Å². The molecule has 0 saturated carbocycles. The van der Waals surface area contributed by atoms with Crippen LogP contribution in [0.1, 0.15) is 38.2 Å². The van der Waals surface area contributed by atoms with Crippen molar-refractivity contribution in [1.29, 1.82) is 0 Å². The molecular weight excluding hydrogens is 226 g/mol. The predicted octanol–water partition coefficient (Wildman–Crippen LogP) is 2.73. The van der Waals surface area contributed by atoms with E-state index in [0.29, 0.717) is 6.61 Å². The summed E-state index contributed by atoms with van der Waals surface area (Å²) in [6, 6.07) is 8.26. The summed E-state index contributed by atoms with van der Waals surface area (Å²) in [6.07, 6.45) is 4.16. The van der Waals surface area contributed by atoms with Crippen molar-refractivity contribution < 1.29 is 9.84 Å². The third kappa shape index (κ3) is 6.62. The zero-order valence-electron chi connectivity index (χ0n) is 11.3. The lowest BCUT2D eigenvalue weighted by molar-refractivity contribution is 0.283. The molecule has 0 saturated heterocycles. The molecule has 0 aliphatic heterocycles. The molecule has 0 aliphatic carbocycles. The van der Waals surface area contributed by atoms with E-state index >= 15 is 0 Å². The van der Waals surface area contributed by atoms with E-state index in [0.717, 1.165) is 51.1 Å². The molecular formula is C15H25NO2. The number of rotatable bonds is 10. The lowest BCUT2D eigenvalue weighted by Gasteiger charge is -2.07. The first kappa shape index (κ1) is 15.0. The molecule has 0 aliphatic rings. The quantitative estimate of drug-likeness (QED) is 0.628. The fourth-order valence-corrected chi connectivity index (χ4v) is 1.69. The number of ether oxygens (including phenoxy) is 1. The summed E-state index contributed by atoms with van der Waals surface area (Å²) in [5.41, 5.74) is 1.28. The van der Waals surface area contributed by atoms with Crippen LogP contribution in [-0.2, 0) is 6.54 Å². The van der Waals surface area contributed by atoms with Crippen LogP contribution in [-0.4, -0.2) is 24.9 Å². The SMILES string of the molecule is CCCOc1ccc(CNCCCCCO)cc1. The smallest absolute Gasteiger partial charge is 0.119 e. The van der Waals surface area contributed by atoms with E-state index in [-0.39, 0.29) is 0 Å². The largest absolute Gasteiger partial charge is 0.494 e. The van der Waals surface area contributed by atoms with Gasteiger partial charge in [-0.3, -0.25) is 0 Å². The van der Waals surface area contributed by atoms with Gasteiger partial charge in [0.05, 0.1) is 6.61 Å². The van der Waals surface area contributed by atoms with E-state index in [1.165, 1.54) is 5.56 Å². The Kier molecular flexibility index (Phi) is 8.26. The zero-order chi connectivity index (χ0) is 13.1. The Bertz CT molecular complexity index is 298. The minimum atomic E-state index is 0.305. The van der Waals surface area contributed by atoms with Crippen molar-refractivity contribution >= 4 is 0 Å². The zero-order valence-corrected chi connectivity index (χ0v) is 11.3. The van der Waals surface area contributed by atoms with Crippen molar-refractivity contribution in [3.8, 4) is 5.75 Å². The molecule has 0 atom stereocenters. The maximum absolute atomic E-state index is 8.66. The Hall–Kier alpha value is -1.06. The molecule has 0 spiro atoms. The summed E-state index contributed by atoms with van der Waals surface area (Å²) in [5.74, 6) is 0.948. The highest BCUT2D eigenvalue weighted by atomic mass is 16.5. The van der Waals surface area contributed by atoms with Gasteiger partial charge in [0.1, 0.15) is 5.75 Å². The van der Waals surface area contributed by atoms with Crippen LogP contribution < -0.4 is 10.1 Å². The number of nitrogens with one attached hydrogen (secondary N) is 1. The van der Waals surface area contributed by atoms with Gasteiger partial charge in [0.2, 0.25) is 0 Å². The number of aliphatic hydroxyl groups is 1. The molecule has 3 nitrogen and oxygen atoms in total. The summed E-state index contributed by atoms with van der Waals surface area (Å²) in [4.78, 5) is 0. The average molecular weight is 251 g/mol. The van der Waals surface area contributed by atoms with Crippen LogP contribution in [0, 0.1) is 0 Å². The molecule has 0 bridgehead atoms. The van der Waals surface area contributed by atoms with Crippen molar-refractivity contribution in [2.24, 2.45) is 0 Å². The molecule has 0 fully saturated rings. The van der Waals surface area contributed by atoms with Crippen LogP contribution in [0.25, 0.3) is 0 Å². The normalized spacial score (nSPS) is 10.6. The van der Waals surface area contributed by atoms with Crippen LogP contribution in [0.4, 0.5) is 0 Å². The summed E-state index contributed by atoms with van der Waals surface area (Å²) >= 11 is 0. The number of hydrogen-bond donors (Lipinski definition) is 2. The van der Waals surface area contributed by atoms with Gasteiger partial charge in [-0.05, 0) is 49.9 Å². The van der Waals surface area contributed by atoms with Gasteiger partial charge in [0.15, 0.2) is 0 Å². The van der Waals surface area contributed by atoms with Crippen LogP contribution >= 0.6 is 0 Å². The molecule has 0 aromatic heterocycles. The van der Waals surface area contributed by atoms with E-state index < -0.39 is 0 Å². The van der Waals surface area contributed by atoms with Gasteiger partial charge in [-0.2, -0.15) is 0 Å². The van der Waals surface area contributed by atoms with E-state index in [4.69, 9.17) is 9.84 Å². The molecule has 1 aromatic carbocycles. The summed E-state index contributed by atoms with van der Waals surface area (Å²) < 4.78 is 5.54. The predicted molar refractivity (Wildman–Crippen MR) is 74.9 cm³/mol. The fourth-order valence-electron chi connectivity index (χ4n) is 1.69. The van der Waals surface area contributed by atoms with E-state index in [1.807, 2.05) is 12.1 Å². The first-order valence-electron chi connectivity index (χ1n) is 6.90. The second-order valence-electron chi connectivity index (χ2n) is 4.45. The highest BCUT2D eigenvalue weighted by molar-refractivity contribution is 5.27. The van der Waals surface area contributed by atoms with Gasteiger partial charge in [-0.15, -0.1) is 0 Å². The standard InChI is InChI=1S/C15H25NO2/c1-2-12-18-15-8-6-14(7-9-15)13-16-10-4-3-5-11-17/h6-9,16-17H,2-5,10-13H2,1H3. The van der Waals surface area contributed by atoms with E-state index in [1.54, 1.807) is 0 Å². The van der Waals surface area contributed by atoms with E-state index in [9.17, 15) is 0 Å². The number of unbranched alkanes of at least 4 members (excludes halogenated alkanes) is 2. The second-order valence-corrected chi connectivity index (χ2v) is 4.45. The Morgan fingerprint density at radius 1 is 1.11 bits per heavy atom. The molecule has 0 amide bonds. The summed E-state index contributed by atoms with van der Waals surface area (Å²) in [6.45, 7) is 5.10. The van der Waals surface area contributed by atoms with Crippen molar-refractivity contribution in [3.05, 3.63) is 29.8 Å². The molecule has 3 heteroatoms. The molecule has 0 radical (unpaired) electrons. The Labute approximate surface area is 110 Å². The highest BCUT2D eigenvalue weighted by Crippen LogP contribution is 2.12. The lowest BCUT2D eigenvalue weighted by Crippen LogP contribution is -2.14. The van der Waals surface area contributed by atoms with Crippen molar-refractivity contribution in [2.45, 2.75) is 39.2 Å². The first-order valence-corrected chi connectivity index (χ1v) is 6.90. The molecule has 0 unspecified atom stereocenters. The van der Waals surface area contributed by atoms with Gasteiger partial charge >= 0.3 is 0 Å². The summed E-state index contributed by atoms with van der Waals surface area (Å²) in [7, 11) is 0. The molecule has 102 valence electrons. The Balaban J connectivity index is 2.14. The topological polar surface area (TPSA) is 41.5 Å². The van der Waals surface area contributed by atoms with Crippen LogP contribution in [0.5, 0.6) is 5.75 Å². The summed E-state index contributed by atoms with van der Waals surface area (Å²) in [5, 5.41) is 12.1. The maximum atomic E-state index is 8.66. The second kappa shape index (κ2) is 9.92. The molecule has 0 heterocycles. The minimum absolute atomic E-state index is 0.305. The maximum Gasteiger partial charge on any atom is 0.119 e. The van der Waals surface area contributed by atoms with Crippen molar-refractivity contribution in [2.75, 3.05) is 19.8 Å². The van der Waals surface area contributed by atoms with Crippen LogP contribution in [0.3, 0.4) is 0 Å². The highest BCUT2D eigenvalue weighted by Gasteiger charge is 1.95. The average Bonchev–Trinajstić information content (AvgIpc) is 2.42. The van der Waals surface area contributed by atoms with Gasteiger partial charge in [-0.1, -0.05) is 19.1 Å². The number of aliphatic hydroxyl groups excluding tert-OH is 1. The van der Waals surface area contributed by atoms with Gasteiger partial charge in [0, 0.05) is 13.2 Å². The van der Waals surface area contributed by atoms with Gasteiger partial charge in [0.25, 0.3) is 0 Å². The molecule has 1 aromatic rings. The van der Waals surface area contributed by atoms with Crippen LogP contribution in [0.2, 0.25) is 0 Å². The van der Waals surface area contributed by atoms with Gasteiger partial charge in [-0.25, -0.2) is 0 Å². The molecule has 1 rings (SSSR count). The monoisotopic (exact) mass is 251 g/mol. The molecule has 2 N–H and O–H groups in total. The van der Waals surface area contributed by atoms with Crippen LogP contribution in [0.15, 0.2) is 24.3 Å². The number of hydrogen-bond acceptors (Lipinski definition) is 3. The third-order valence-electron chi connectivity index (χ3n) is 2.74. The minimum Gasteiger partial charge on any atom is -0.494 e. The fraction of sp³-hybridized carbons (Fsp3) is 0.600. The van der Waals surface area contributed by atoms with Gasteiger partial charge < -0.3 is 15.2 Å². The third-order valence-corrected chi connectivity index (χ3v) is 2.74. The van der Waals surface area contributed by atoms with Crippen molar-refractivity contribution in [3.63, 3.8) is 0 Å². The number of benzene rings is 1. The lowest BCUT2D eigenvalue weighted by atomic mass is 10.2. The molecule has 18 heavy (non-hydrogen) atoms. The first-order chi connectivity index (χ1) is 8.86. The van der Waals surface area contributed by atoms with E-state index in [2.05, 4.69) is 24.4 Å².